The minimum atomic E-state index is -0.239. The van der Waals surface area contributed by atoms with E-state index < -0.39 is 0 Å². The highest BCUT2D eigenvalue weighted by Crippen LogP contribution is 2.14. The van der Waals surface area contributed by atoms with Crippen molar-refractivity contribution in [1.82, 2.24) is 10.3 Å². The Bertz CT molecular complexity index is 493. The number of rotatable bonds is 4. The maximum Gasteiger partial charge on any atom is 0.318 e. The van der Waals surface area contributed by atoms with Crippen LogP contribution < -0.4 is 16.0 Å². The molecule has 0 saturated carbocycles. The number of anilines is 2. The predicted octanol–water partition coefficient (Wildman–Crippen LogP) is 2.04. The number of carbonyl (C=O) groups is 1. The van der Waals surface area contributed by atoms with Gasteiger partial charge in [0.1, 0.15) is 5.76 Å². The highest BCUT2D eigenvalue weighted by Gasteiger charge is 1.99. The summed E-state index contributed by atoms with van der Waals surface area (Å²) in [5.74, 6) is 0.766. The Kier molecular flexibility index (Phi) is 3.80. The Morgan fingerprint density at radius 2 is 2.00 bits per heavy atom. The summed E-state index contributed by atoms with van der Waals surface area (Å²) in [5.41, 5.74) is 1.67. The number of hydrogen-bond donors (Lipinski definition) is 3. The van der Waals surface area contributed by atoms with E-state index in [9.17, 15) is 4.79 Å². The van der Waals surface area contributed by atoms with Crippen LogP contribution in [0.15, 0.2) is 41.3 Å². The molecule has 0 atom stereocenters. The second-order valence-electron chi connectivity index (χ2n) is 3.60. The number of oxazole rings is 1. The number of urea groups is 1. The van der Waals surface area contributed by atoms with Crippen molar-refractivity contribution in [2.24, 2.45) is 0 Å². The topological polar surface area (TPSA) is 79.2 Å². The molecule has 2 aromatic rings. The highest BCUT2D eigenvalue weighted by atomic mass is 16.3. The molecule has 1 aromatic carbocycles. The van der Waals surface area contributed by atoms with Crippen LogP contribution >= 0.6 is 0 Å². The maximum atomic E-state index is 11.1. The van der Waals surface area contributed by atoms with Crippen molar-refractivity contribution in [1.29, 1.82) is 0 Å². The minimum absolute atomic E-state index is 0.239. The van der Waals surface area contributed by atoms with E-state index in [0.29, 0.717) is 6.54 Å². The van der Waals surface area contributed by atoms with E-state index in [1.54, 1.807) is 13.2 Å². The van der Waals surface area contributed by atoms with Crippen molar-refractivity contribution in [3.63, 3.8) is 0 Å². The summed E-state index contributed by atoms with van der Waals surface area (Å²) >= 11 is 0. The van der Waals surface area contributed by atoms with Crippen molar-refractivity contribution in [2.75, 3.05) is 17.7 Å². The number of nitrogens with zero attached hydrogens (tertiary/aromatic N) is 1. The van der Waals surface area contributed by atoms with Gasteiger partial charge in [-0.2, -0.15) is 0 Å². The van der Waals surface area contributed by atoms with Gasteiger partial charge >= 0.3 is 6.03 Å². The van der Waals surface area contributed by atoms with Crippen molar-refractivity contribution < 1.29 is 9.21 Å². The zero-order valence-electron chi connectivity index (χ0n) is 9.93. The fourth-order valence-corrected chi connectivity index (χ4v) is 1.38. The SMILES string of the molecule is CNC(=O)Nc1ccc(NCc2cnco2)cc1. The Balaban J connectivity index is 1.89. The number of nitrogens with one attached hydrogen (secondary N) is 3. The molecule has 0 unspecified atom stereocenters. The van der Waals surface area contributed by atoms with Crippen LogP contribution in [0.25, 0.3) is 0 Å². The van der Waals surface area contributed by atoms with E-state index in [1.165, 1.54) is 6.39 Å². The third kappa shape index (κ3) is 3.24. The minimum Gasteiger partial charge on any atom is -0.447 e. The largest absolute Gasteiger partial charge is 0.447 e. The highest BCUT2D eigenvalue weighted by molar-refractivity contribution is 5.89. The smallest absolute Gasteiger partial charge is 0.318 e. The maximum absolute atomic E-state index is 11.1. The molecule has 0 saturated heterocycles. The monoisotopic (exact) mass is 246 g/mol. The van der Waals surface area contributed by atoms with Gasteiger partial charge in [0.2, 0.25) is 0 Å². The van der Waals surface area contributed by atoms with Gasteiger partial charge in [0.05, 0.1) is 12.7 Å². The zero-order valence-corrected chi connectivity index (χ0v) is 9.93. The first-order chi connectivity index (χ1) is 8.78. The zero-order chi connectivity index (χ0) is 12.8. The van der Waals surface area contributed by atoms with Crippen molar-refractivity contribution in [3.05, 3.63) is 42.6 Å². The van der Waals surface area contributed by atoms with Gasteiger partial charge < -0.3 is 20.4 Å². The lowest BCUT2D eigenvalue weighted by atomic mass is 10.3. The first-order valence-electron chi connectivity index (χ1n) is 5.48. The molecule has 1 heterocycles. The third-order valence-corrected chi connectivity index (χ3v) is 2.32. The van der Waals surface area contributed by atoms with E-state index in [1.807, 2.05) is 24.3 Å². The molecule has 0 radical (unpaired) electrons. The molecule has 0 spiro atoms. The molecule has 0 aliphatic carbocycles. The van der Waals surface area contributed by atoms with Gasteiger partial charge in [-0.25, -0.2) is 9.78 Å². The van der Waals surface area contributed by atoms with E-state index >= 15 is 0 Å². The number of benzene rings is 1. The van der Waals surface area contributed by atoms with Gasteiger partial charge in [0.25, 0.3) is 0 Å². The van der Waals surface area contributed by atoms with Crippen LogP contribution in [0.4, 0.5) is 16.2 Å². The second-order valence-corrected chi connectivity index (χ2v) is 3.60. The number of amides is 2. The molecule has 94 valence electrons. The first-order valence-corrected chi connectivity index (χ1v) is 5.48. The number of aromatic nitrogens is 1. The molecule has 0 aliphatic rings. The van der Waals surface area contributed by atoms with Crippen molar-refractivity contribution >= 4 is 17.4 Å². The standard InChI is InChI=1S/C12H14N4O2/c1-13-12(17)16-10-4-2-9(3-5-10)15-7-11-6-14-8-18-11/h2-6,8,15H,7H2,1H3,(H2,13,16,17). The summed E-state index contributed by atoms with van der Waals surface area (Å²) in [6, 6.07) is 7.15. The second kappa shape index (κ2) is 5.72. The lowest BCUT2D eigenvalue weighted by molar-refractivity contribution is 0.254. The third-order valence-electron chi connectivity index (χ3n) is 2.32. The molecule has 0 aliphatic heterocycles. The normalized spacial score (nSPS) is 9.83. The van der Waals surface area contributed by atoms with E-state index in [0.717, 1.165) is 17.1 Å². The summed E-state index contributed by atoms with van der Waals surface area (Å²) in [7, 11) is 1.57. The fourth-order valence-electron chi connectivity index (χ4n) is 1.38. The summed E-state index contributed by atoms with van der Waals surface area (Å²) in [4.78, 5) is 14.9. The predicted molar refractivity (Wildman–Crippen MR) is 68.4 cm³/mol. The van der Waals surface area contributed by atoms with Crippen LogP contribution in [0, 0.1) is 0 Å². The number of hydrogen-bond acceptors (Lipinski definition) is 4. The van der Waals surface area contributed by atoms with Crippen LogP contribution in [-0.2, 0) is 6.54 Å². The molecule has 6 heteroatoms. The Hall–Kier alpha value is -2.50. The van der Waals surface area contributed by atoms with Gasteiger partial charge in [-0.15, -0.1) is 0 Å². The summed E-state index contributed by atoms with van der Waals surface area (Å²) in [6.45, 7) is 0.572. The van der Waals surface area contributed by atoms with Crippen molar-refractivity contribution in [2.45, 2.75) is 6.54 Å². The summed E-state index contributed by atoms with van der Waals surface area (Å²) in [5, 5.41) is 8.35. The summed E-state index contributed by atoms with van der Waals surface area (Å²) < 4.78 is 5.11. The Morgan fingerprint density at radius 1 is 1.28 bits per heavy atom. The average molecular weight is 246 g/mol. The molecule has 3 N–H and O–H groups in total. The van der Waals surface area contributed by atoms with Crippen LogP contribution in [0.2, 0.25) is 0 Å². The molecule has 18 heavy (non-hydrogen) atoms. The Morgan fingerprint density at radius 3 is 2.61 bits per heavy atom. The van der Waals surface area contributed by atoms with Gasteiger partial charge in [-0.05, 0) is 24.3 Å². The van der Waals surface area contributed by atoms with Gasteiger partial charge in [-0.1, -0.05) is 0 Å². The molecule has 2 amide bonds. The van der Waals surface area contributed by atoms with Gasteiger partial charge in [0.15, 0.2) is 6.39 Å². The van der Waals surface area contributed by atoms with E-state index in [-0.39, 0.29) is 6.03 Å². The van der Waals surface area contributed by atoms with Crippen LogP contribution in [0.3, 0.4) is 0 Å². The first kappa shape index (κ1) is 12.0. The number of carbonyl (C=O) groups excluding carboxylic acids is 1. The molecular weight excluding hydrogens is 232 g/mol. The van der Waals surface area contributed by atoms with Crippen LogP contribution in [0.1, 0.15) is 5.76 Å². The van der Waals surface area contributed by atoms with E-state index in [2.05, 4.69) is 20.9 Å². The molecule has 6 nitrogen and oxygen atoms in total. The lowest BCUT2D eigenvalue weighted by Gasteiger charge is -2.07. The fraction of sp³-hybridized carbons (Fsp3) is 0.167. The van der Waals surface area contributed by atoms with E-state index in [4.69, 9.17) is 4.42 Å². The molecule has 0 fully saturated rings. The summed E-state index contributed by atoms with van der Waals surface area (Å²) in [6.07, 6.45) is 3.06. The molecule has 0 bridgehead atoms. The molecular formula is C12H14N4O2. The Labute approximate surface area is 104 Å². The van der Waals surface area contributed by atoms with Crippen molar-refractivity contribution in [3.8, 4) is 0 Å². The van der Waals surface area contributed by atoms with Crippen LogP contribution in [-0.4, -0.2) is 18.1 Å². The average Bonchev–Trinajstić information content (AvgIpc) is 2.91. The molecule has 2 rings (SSSR count). The van der Waals surface area contributed by atoms with Gasteiger partial charge in [0, 0.05) is 18.4 Å². The van der Waals surface area contributed by atoms with Crippen LogP contribution in [0.5, 0.6) is 0 Å². The van der Waals surface area contributed by atoms with Gasteiger partial charge in [-0.3, -0.25) is 0 Å². The quantitative estimate of drug-likeness (QED) is 0.771. The molecule has 1 aromatic heterocycles. The lowest BCUT2D eigenvalue weighted by Crippen LogP contribution is -2.24.